The summed E-state index contributed by atoms with van der Waals surface area (Å²) < 4.78 is 5.59. The van der Waals surface area contributed by atoms with Gasteiger partial charge in [0.25, 0.3) is 5.91 Å². The monoisotopic (exact) mass is 353 g/mol. The Hall–Kier alpha value is -2.40. The maximum Gasteiger partial charge on any atom is 0.256 e. The molecule has 5 nitrogen and oxygen atoms in total. The summed E-state index contributed by atoms with van der Waals surface area (Å²) >= 11 is 0. The van der Waals surface area contributed by atoms with Crippen molar-refractivity contribution < 1.29 is 9.53 Å². The Balaban J connectivity index is 1.55. The van der Waals surface area contributed by atoms with Crippen LogP contribution in [0.2, 0.25) is 0 Å². The average Bonchev–Trinajstić information content (AvgIpc) is 3.14. The fourth-order valence-electron chi connectivity index (χ4n) is 2.92. The van der Waals surface area contributed by atoms with Crippen molar-refractivity contribution >= 4 is 17.4 Å². The largest absolute Gasteiger partial charge is 0.381 e. The molecule has 0 spiro atoms. The van der Waals surface area contributed by atoms with E-state index < -0.39 is 0 Å². The van der Waals surface area contributed by atoms with Gasteiger partial charge in [0.15, 0.2) is 0 Å². The predicted molar refractivity (Wildman–Crippen MR) is 105 cm³/mol. The maximum atomic E-state index is 12.4. The number of carbonyl (C=O) groups is 1. The Labute approximate surface area is 155 Å². The fourth-order valence-corrected chi connectivity index (χ4v) is 2.92. The van der Waals surface area contributed by atoms with Gasteiger partial charge >= 0.3 is 0 Å². The lowest BCUT2D eigenvalue weighted by Crippen LogP contribution is -2.18. The molecule has 0 saturated carbocycles. The predicted octanol–water partition coefficient (Wildman–Crippen LogP) is 4.22. The second-order valence-electron chi connectivity index (χ2n) is 7.73. The summed E-state index contributed by atoms with van der Waals surface area (Å²) in [5, 5.41) is 6.16. The summed E-state index contributed by atoms with van der Waals surface area (Å²) in [6, 6.07) is 11.4. The number of carbonyl (C=O) groups excluding carboxylic acids is 1. The maximum absolute atomic E-state index is 12.4. The van der Waals surface area contributed by atoms with E-state index in [1.165, 1.54) is 5.56 Å². The zero-order valence-corrected chi connectivity index (χ0v) is 15.7. The SMILES string of the molecule is CC(C)(C)c1ccc(C(=O)Nc2ccc(NCC3CCCO3)cn2)cc1. The Morgan fingerprint density at radius 3 is 2.54 bits per heavy atom. The first kappa shape index (κ1) is 18.4. The molecule has 26 heavy (non-hydrogen) atoms. The Kier molecular flexibility index (Phi) is 5.57. The molecule has 1 unspecified atom stereocenters. The third-order valence-electron chi connectivity index (χ3n) is 4.58. The number of anilines is 2. The molecule has 3 rings (SSSR count). The van der Waals surface area contributed by atoms with Crippen LogP contribution in [0, 0.1) is 0 Å². The third-order valence-corrected chi connectivity index (χ3v) is 4.58. The highest BCUT2D eigenvalue weighted by molar-refractivity contribution is 6.03. The molecule has 2 heterocycles. The van der Waals surface area contributed by atoms with Gasteiger partial charge in [0, 0.05) is 18.7 Å². The molecule has 1 aliphatic heterocycles. The lowest BCUT2D eigenvalue weighted by Gasteiger charge is -2.19. The summed E-state index contributed by atoms with van der Waals surface area (Å²) in [6.45, 7) is 8.10. The van der Waals surface area contributed by atoms with E-state index in [1.807, 2.05) is 30.3 Å². The number of pyridine rings is 1. The number of ether oxygens (including phenoxy) is 1. The summed E-state index contributed by atoms with van der Waals surface area (Å²) in [6.07, 6.45) is 4.24. The molecule has 2 N–H and O–H groups in total. The van der Waals surface area contributed by atoms with Gasteiger partial charge < -0.3 is 15.4 Å². The van der Waals surface area contributed by atoms with Crippen molar-refractivity contribution in [3.8, 4) is 0 Å². The standard InChI is InChI=1S/C21H27N3O2/c1-21(2,3)16-8-6-15(7-9-16)20(25)24-19-11-10-17(13-23-19)22-14-18-5-4-12-26-18/h6-11,13,18,22H,4-5,12,14H2,1-3H3,(H,23,24,25). The summed E-state index contributed by atoms with van der Waals surface area (Å²) in [5.41, 5.74) is 2.82. The van der Waals surface area contributed by atoms with Gasteiger partial charge in [-0.2, -0.15) is 0 Å². The number of hydrogen-bond donors (Lipinski definition) is 2. The lowest BCUT2D eigenvalue weighted by molar-refractivity contribution is 0.102. The highest BCUT2D eigenvalue weighted by Gasteiger charge is 2.16. The van der Waals surface area contributed by atoms with E-state index in [9.17, 15) is 4.79 Å². The highest BCUT2D eigenvalue weighted by atomic mass is 16.5. The number of amides is 1. The normalized spacial score (nSPS) is 17.1. The first-order valence-corrected chi connectivity index (χ1v) is 9.15. The minimum atomic E-state index is -0.155. The quantitative estimate of drug-likeness (QED) is 0.845. The minimum Gasteiger partial charge on any atom is -0.381 e. The van der Waals surface area contributed by atoms with Gasteiger partial charge in [-0.1, -0.05) is 32.9 Å². The molecule has 0 aliphatic carbocycles. The molecule has 1 atom stereocenters. The molecule has 1 fully saturated rings. The molecule has 1 saturated heterocycles. The lowest BCUT2D eigenvalue weighted by atomic mass is 9.87. The minimum absolute atomic E-state index is 0.0724. The summed E-state index contributed by atoms with van der Waals surface area (Å²) in [7, 11) is 0. The van der Waals surface area contributed by atoms with Crippen molar-refractivity contribution in [1.82, 2.24) is 4.98 Å². The van der Waals surface area contributed by atoms with Crippen LogP contribution in [0.5, 0.6) is 0 Å². The Morgan fingerprint density at radius 2 is 1.96 bits per heavy atom. The van der Waals surface area contributed by atoms with Crippen molar-refractivity contribution in [1.29, 1.82) is 0 Å². The van der Waals surface area contributed by atoms with Crippen molar-refractivity contribution in [3.63, 3.8) is 0 Å². The number of nitrogens with one attached hydrogen (secondary N) is 2. The van der Waals surface area contributed by atoms with Gasteiger partial charge in [-0.05, 0) is 48.1 Å². The van der Waals surface area contributed by atoms with Crippen LogP contribution in [0.1, 0.15) is 49.5 Å². The number of nitrogens with zero attached hydrogens (tertiary/aromatic N) is 1. The molecule has 2 aromatic rings. The Morgan fingerprint density at radius 1 is 1.19 bits per heavy atom. The van der Waals surface area contributed by atoms with Crippen molar-refractivity contribution in [2.24, 2.45) is 0 Å². The molecule has 1 amide bonds. The van der Waals surface area contributed by atoms with Crippen LogP contribution in [0.4, 0.5) is 11.5 Å². The molecular weight excluding hydrogens is 326 g/mol. The van der Waals surface area contributed by atoms with Crippen LogP contribution < -0.4 is 10.6 Å². The number of hydrogen-bond acceptors (Lipinski definition) is 4. The van der Waals surface area contributed by atoms with Gasteiger partial charge in [-0.25, -0.2) is 4.98 Å². The van der Waals surface area contributed by atoms with Gasteiger partial charge in [0.05, 0.1) is 18.0 Å². The molecule has 138 valence electrons. The molecule has 1 aromatic carbocycles. The van der Waals surface area contributed by atoms with Crippen LogP contribution in [-0.2, 0) is 10.2 Å². The number of benzene rings is 1. The number of rotatable bonds is 5. The summed E-state index contributed by atoms with van der Waals surface area (Å²) in [4.78, 5) is 16.7. The highest BCUT2D eigenvalue weighted by Crippen LogP contribution is 2.22. The van der Waals surface area contributed by atoms with E-state index in [-0.39, 0.29) is 17.4 Å². The molecular formula is C21H27N3O2. The van der Waals surface area contributed by atoms with E-state index in [0.717, 1.165) is 31.7 Å². The zero-order chi connectivity index (χ0) is 18.6. The van der Waals surface area contributed by atoms with Crippen LogP contribution in [0.15, 0.2) is 42.6 Å². The Bertz CT molecular complexity index is 727. The van der Waals surface area contributed by atoms with E-state index in [0.29, 0.717) is 11.4 Å². The smallest absolute Gasteiger partial charge is 0.256 e. The van der Waals surface area contributed by atoms with Crippen molar-refractivity contribution in [2.75, 3.05) is 23.8 Å². The average molecular weight is 353 g/mol. The van der Waals surface area contributed by atoms with Gasteiger partial charge in [0.2, 0.25) is 0 Å². The van der Waals surface area contributed by atoms with Gasteiger partial charge in [-0.15, -0.1) is 0 Å². The fraction of sp³-hybridized carbons (Fsp3) is 0.429. The zero-order valence-electron chi connectivity index (χ0n) is 15.7. The second-order valence-corrected chi connectivity index (χ2v) is 7.73. The molecule has 0 bridgehead atoms. The van der Waals surface area contributed by atoms with E-state index in [2.05, 4.69) is 36.4 Å². The topological polar surface area (TPSA) is 63.2 Å². The van der Waals surface area contributed by atoms with Crippen LogP contribution in [0.25, 0.3) is 0 Å². The number of aromatic nitrogens is 1. The first-order chi connectivity index (χ1) is 12.4. The van der Waals surface area contributed by atoms with E-state index >= 15 is 0 Å². The van der Waals surface area contributed by atoms with Crippen molar-refractivity contribution in [3.05, 3.63) is 53.7 Å². The van der Waals surface area contributed by atoms with Crippen LogP contribution in [0.3, 0.4) is 0 Å². The molecule has 5 heteroatoms. The van der Waals surface area contributed by atoms with Crippen LogP contribution in [-0.4, -0.2) is 30.1 Å². The third kappa shape index (κ3) is 4.82. The van der Waals surface area contributed by atoms with Crippen LogP contribution >= 0.6 is 0 Å². The van der Waals surface area contributed by atoms with Gasteiger partial charge in [0.1, 0.15) is 5.82 Å². The molecule has 1 aliphatic rings. The first-order valence-electron chi connectivity index (χ1n) is 9.15. The second kappa shape index (κ2) is 7.87. The van der Waals surface area contributed by atoms with Crippen molar-refractivity contribution in [2.45, 2.75) is 45.1 Å². The van der Waals surface area contributed by atoms with Gasteiger partial charge in [-0.3, -0.25) is 4.79 Å². The molecule has 0 radical (unpaired) electrons. The summed E-state index contributed by atoms with van der Waals surface area (Å²) in [5.74, 6) is 0.385. The molecule has 1 aromatic heterocycles. The van der Waals surface area contributed by atoms with E-state index in [4.69, 9.17) is 4.74 Å². The van der Waals surface area contributed by atoms with E-state index in [1.54, 1.807) is 12.3 Å².